The molecule has 1 saturated carbocycles. The number of aromatic hydroxyl groups is 1. The number of anilines is 2. The first-order chi connectivity index (χ1) is 13.2. The van der Waals surface area contributed by atoms with Crippen molar-refractivity contribution in [1.29, 1.82) is 0 Å². The average molecular weight is 362 g/mol. The van der Waals surface area contributed by atoms with Gasteiger partial charge in [0.2, 0.25) is 0 Å². The number of rotatable bonds is 5. The van der Waals surface area contributed by atoms with Gasteiger partial charge in [0.15, 0.2) is 0 Å². The Balaban J connectivity index is 1.46. The highest BCUT2D eigenvalue weighted by Crippen LogP contribution is 2.30. The smallest absolute Gasteiger partial charge is 0.119 e. The number of hydrogen-bond acceptors (Lipinski definition) is 4. The molecule has 2 aromatic carbocycles. The topological polar surface area (TPSA) is 54.4 Å². The van der Waals surface area contributed by atoms with Crippen molar-refractivity contribution in [3.05, 3.63) is 54.2 Å². The molecular weight excluding hydrogens is 336 g/mol. The van der Waals surface area contributed by atoms with E-state index in [0.717, 1.165) is 40.3 Å². The molecule has 0 saturated heterocycles. The number of fused-ring (bicyclic) bond motifs is 1. The van der Waals surface area contributed by atoms with Gasteiger partial charge < -0.3 is 15.2 Å². The minimum atomic E-state index is 0.228. The number of pyridine rings is 1. The Labute approximate surface area is 160 Å². The van der Waals surface area contributed by atoms with E-state index >= 15 is 0 Å². The Hall–Kier alpha value is -2.75. The third-order valence-corrected chi connectivity index (χ3v) is 5.27. The van der Waals surface area contributed by atoms with Crippen LogP contribution in [0.4, 0.5) is 11.4 Å². The minimum Gasteiger partial charge on any atom is -0.508 e. The van der Waals surface area contributed by atoms with Gasteiger partial charge in [0.05, 0.1) is 12.1 Å². The normalized spacial score (nSPS) is 15.0. The van der Waals surface area contributed by atoms with Gasteiger partial charge in [-0.3, -0.25) is 4.98 Å². The fraction of sp³-hybridized carbons (Fsp3) is 0.348. The molecule has 1 aliphatic carbocycles. The van der Waals surface area contributed by atoms with Gasteiger partial charge in [0, 0.05) is 28.5 Å². The maximum atomic E-state index is 9.70. The number of ether oxygens (including phenoxy) is 1. The average Bonchev–Trinajstić information content (AvgIpc) is 2.68. The highest BCUT2D eigenvalue weighted by molar-refractivity contribution is 5.94. The van der Waals surface area contributed by atoms with Crippen molar-refractivity contribution in [2.24, 2.45) is 5.92 Å². The molecule has 140 valence electrons. The van der Waals surface area contributed by atoms with Crippen LogP contribution in [0.3, 0.4) is 0 Å². The number of nitrogens with zero attached hydrogens (tertiary/aromatic N) is 1. The third kappa shape index (κ3) is 4.33. The van der Waals surface area contributed by atoms with Gasteiger partial charge in [-0.1, -0.05) is 19.3 Å². The van der Waals surface area contributed by atoms with E-state index in [-0.39, 0.29) is 5.75 Å². The SMILES string of the molecule is Cc1cc(Nc2ccc(OCC3CCCCC3)cc2)c2ccc(O)cc2n1. The van der Waals surface area contributed by atoms with Crippen LogP contribution in [0.5, 0.6) is 11.5 Å². The first-order valence-electron chi connectivity index (χ1n) is 9.78. The van der Waals surface area contributed by atoms with Crippen molar-refractivity contribution in [2.75, 3.05) is 11.9 Å². The Morgan fingerprint density at radius 3 is 2.59 bits per heavy atom. The second kappa shape index (κ2) is 7.87. The van der Waals surface area contributed by atoms with Crippen LogP contribution in [0.2, 0.25) is 0 Å². The van der Waals surface area contributed by atoms with Crippen molar-refractivity contribution in [2.45, 2.75) is 39.0 Å². The Morgan fingerprint density at radius 2 is 1.81 bits per heavy atom. The zero-order valence-electron chi connectivity index (χ0n) is 15.7. The minimum absolute atomic E-state index is 0.228. The lowest BCUT2D eigenvalue weighted by Gasteiger charge is -2.21. The monoisotopic (exact) mass is 362 g/mol. The number of nitrogens with one attached hydrogen (secondary N) is 1. The van der Waals surface area contributed by atoms with E-state index in [0.29, 0.717) is 5.92 Å². The summed E-state index contributed by atoms with van der Waals surface area (Å²) in [6.07, 6.45) is 6.65. The van der Waals surface area contributed by atoms with Gasteiger partial charge >= 0.3 is 0 Å². The lowest BCUT2D eigenvalue weighted by atomic mass is 9.90. The Kier molecular flexibility index (Phi) is 5.14. The number of aromatic nitrogens is 1. The number of benzene rings is 2. The maximum Gasteiger partial charge on any atom is 0.119 e. The van der Waals surface area contributed by atoms with Gasteiger partial charge in [-0.05, 0) is 68.1 Å². The standard InChI is InChI=1S/C23H26N2O2/c1-16-13-22(21-12-9-19(26)14-23(21)24-16)25-18-7-10-20(11-8-18)27-15-17-5-3-2-4-6-17/h7-14,17,26H,2-6,15H2,1H3,(H,24,25). The van der Waals surface area contributed by atoms with E-state index in [9.17, 15) is 5.11 Å². The molecule has 0 unspecified atom stereocenters. The molecule has 1 aromatic heterocycles. The van der Waals surface area contributed by atoms with E-state index < -0.39 is 0 Å². The molecule has 3 aromatic rings. The zero-order valence-corrected chi connectivity index (χ0v) is 15.7. The van der Waals surface area contributed by atoms with Crippen molar-refractivity contribution in [3.63, 3.8) is 0 Å². The third-order valence-electron chi connectivity index (χ3n) is 5.27. The molecular formula is C23H26N2O2. The summed E-state index contributed by atoms with van der Waals surface area (Å²) in [4.78, 5) is 4.50. The summed E-state index contributed by atoms with van der Waals surface area (Å²) >= 11 is 0. The lowest BCUT2D eigenvalue weighted by molar-refractivity contribution is 0.209. The molecule has 0 radical (unpaired) electrons. The fourth-order valence-corrected chi connectivity index (χ4v) is 3.81. The van der Waals surface area contributed by atoms with Gasteiger partial charge in [-0.15, -0.1) is 0 Å². The van der Waals surface area contributed by atoms with Crippen molar-refractivity contribution in [1.82, 2.24) is 4.98 Å². The number of phenols is 1. The number of hydrogen-bond donors (Lipinski definition) is 2. The fourth-order valence-electron chi connectivity index (χ4n) is 3.81. The summed E-state index contributed by atoms with van der Waals surface area (Å²) in [7, 11) is 0. The van der Waals surface area contributed by atoms with Crippen LogP contribution in [0, 0.1) is 12.8 Å². The molecule has 1 heterocycles. The first-order valence-corrected chi connectivity index (χ1v) is 9.78. The van der Waals surface area contributed by atoms with Crippen LogP contribution in [0.15, 0.2) is 48.5 Å². The molecule has 27 heavy (non-hydrogen) atoms. The molecule has 1 fully saturated rings. The molecule has 4 rings (SSSR count). The van der Waals surface area contributed by atoms with Gasteiger partial charge in [-0.25, -0.2) is 0 Å². The van der Waals surface area contributed by atoms with Gasteiger partial charge in [0.1, 0.15) is 11.5 Å². The molecule has 0 bridgehead atoms. The van der Waals surface area contributed by atoms with Crippen molar-refractivity contribution >= 4 is 22.3 Å². The summed E-state index contributed by atoms with van der Waals surface area (Å²) in [6, 6.07) is 15.4. The molecule has 0 aliphatic heterocycles. The highest BCUT2D eigenvalue weighted by Gasteiger charge is 2.14. The van der Waals surface area contributed by atoms with Gasteiger partial charge in [-0.2, -0.15) is 0 Å². The summed E-state index contributed by atoms with van der Waals surface area (Å²) in [5, 5.41) is 14.1. The Morgan fingerprint density at radius 1 is 1.04 bits per heavy atom. The van der Waals surface area contributed by atoms with E-state index in [2.05, 4.69) is 10.3 Å². The molecule has 4 nitrogen and oxygen atoms in total. The van der Waals surface area contributed by atoms with E-state index in [4.69, 9.17) is 4.74 Å². The summed E-state index contributed by atoms with van der Waals surface area (Å²) in [5.41, 5.74) is 3.67. The summed E-state index contributed by atoms with van der Waals surface area (Å²) in [5.74, 6) is 1.86. The van der Waals surface area contributed by atoms with E-state index in [1.807, 2.05) is 43.3 Å². The van der Waals surface area contributed by atoms with Crippen LogP contribution in [-0.2, 0) is 0 Å². The predicted octanol–water partition coefficient (Wildman–Crippen LogP) is 5.95. The Bertz CT molecular complexity index is 910. The number of aryl methyl sites for hydroxylation is 1. The quantitative estimate of drug-likeness (QED) is 0.589. The van der Waals surface area contributed by atoms with Crippen molar-refractivity contribution < 1.29 is 9.84 Å². The van der Waals surface area contributed by atoms with Crippen LogP contribution in [0.25, 0.3) is 10.9 Å². The first kappa shape index (κ1) is 17.7. The largest absolute Gasteiger partial charge is 0.508 e. The van der Waals surface area contributed by atoms with Gasteiger partial charge in [0.25, 0.3) is 0 Å². The van der Waals surface area contributed by atoms with Crippen LogP contribution in [-0.4, -0.2) is 16.7 Å². The molecule has 1 aliphatic rings. The molecule has 0 amide bonds. The molecule has 4 heteroatoms. The zero-order chi connectivity index (χ0) is 18.6. The second-order valence-electron chi connectivity index (χ2n) is 7.48. The van der Waals surface area contributed by atoms with Crippen LogP contribution in [0.1, 0.15) is 37.8 Å². The van der Waals surface area contributed by atoms with E-state index in [1.54, 1.807) is 12.1 Å². The molecule has 0 atom stereocenters. The second-order valence-corrected chi connectivity index (χ2v) is 7.48. The molecule has 2 N–H and O–H groups in total. The summed E-state index contributed by atoms with van der Waals surface area (Å²) in [6.45, 7) is 2.78. The van der Waals surface area contributed by atoms with E-state index in [1.165, 1.54) is 32.1 Å². The molecule has 0 spiro atoms. The summed E-state index contributed by atoms with van der Waals surface area (Å²) < 4.78 is 5.99. The predicted molar refractivity (Wildman–Crippen MR) is 110 cm³/mol. The maximum absolute atomic E-state index is 9.70. The van der Waals surface area contributed by atoms with Crippen LogP contribution >= 0.6 is 0 Å². The lowest BCUT2D eigenvalue weighted by Crippen LogP contribution is -2.15. The van der Waals surface area contributed by atoms with Crippen LogP contribution < -0.4 is 10.1 Å². The highest BCUT2D eigenvalue weighted by atomic mass is 16.5. The van der Waals surface area contributed by atoms with Crippen molar-refractivity contribution in [3.8, 4) is 11.5 Å². The number of phenolic OH excluding ortho intramolecular Hbond substituents is 1.